The van der Waals surface area contributed by atoms with Crippen molar-refractivity contribution in [2.24, 2.45) is 0 Å². The van der Waals surface area contributed by atoms with E-state index in [-0.39, 0.29) is 11.9 Å². The lowest BCUT2D eigenvalue weighted by molar-refractivity contribution is -0.142. The Kier molecular flexibility index (Phi) is 6.45. The number of amides is 1. The molecule has 3 rings (SSSR count). The maximum Gasteiger partial charge on any atom is 0.242 e. The monoisotopic (exact) mass is 349 g/mol. The third-order valence-corrected chi connectivity index (χ3v) is 5.25. The van der Waals surface area contributed by atoms with Gasteiger partial charge in [0, 0.05) is 57.6 Å². The predicted molar refractivity (Wildman–Crippen MR) is 96.2 cm³/mol. The molecule has 140 valence electrons. The molecule has 2 aliphatic heterocycles. The first-order valence-electron chi connectivity index (χ1n) is 9.55. The molecule has 0 aromatic carbocycles. The van der Waals surface area contributed by atoms with E-state index in [1.807, 2.05) is 15.8 Å². The Labute approximate surface area is 150 Å². The maximum atomic E-state index is 13.0. The zero-order valence-electron chi connectivity index (χ0n) is 15.6. The summed E-state index contributed by atoms with van der Waals surface area (Å²) in [5, 5.41) is 4.35. The molecule has 7 nitrogen and oxygen atoms in total. The van der Waals surface area contributed by atoms with Gasteiger partial charge in [0.2, 0.25) is 5.91 Å². The first-order chi connectivity index (χ1) is 12.2. The van der Waals surface area contributed by atoms with Gasteiger partial charge in [0.1, 0.15) is 6.04 Å². The van der Waals surface area contributed by atoms with Crippen molar-refractivity contribution in [1.29, 1.82) is 0 Å². The van der Waals surface area contributed by atoms with E-state index in [0.717, 1.165) is 65.4 Å². The van der Waals surface area contributed by atoms with Gasteiger partial charge in [-0.15, -0.1) is 0 Å². The minimum Gasteiger partial charge on any atom is -0.378 e. The zero-order valence-corrected chi connectivity index (χ0v) is 15.6. The Balaban J connectivity index is 1.54. The van der Waals surface area contributed by atoms with Crippen molar-refractivity contribution in [1.82, 2.24) is 24.5 Å². The number of rotatable bonds is 5. The van der Waals surface area contributed by atoms with Gasteiger partial charge in [0.15, 0.2) is 0 Å². The van der Waals surface area contributed by atoms with E-state index >= 15 is 0 Å². The number of aromatic nitrogens is 2. The Hall–Kier alpha value is -1.44. The summed E-state index contributed by atoms with van der Waals surface area (Å²) in [6.07, 6.45) is 5.09. The average Bonchev–Trinajstić information content (AvgIpc) is 2.98. The summed E-state index contributed by atoms with van der Waals surface area (Å²) in [6, 6.07) is -0.104. The number of ether oxygens (including phenoxy) is 1. The van der Waals surface area contributed by atoms with Gasteiger partial charge in [0.25, 0.3) is 0 Å². The molecule has 2 saturated heterocycles. The van der Waals surface area contributed by atoms with Gasteiger partial charge in [-0.05, 0) is 19.9 Å². The van der Waals surface area contributed by atoms with Crippen LogP contribution in [0.3, 0.4) is 0 Å². The Morgan fingerprint density at radius 3 is 2.84 bits per heavy atom. The molecule has 1 aromatic rings. The normalized spacial score (nSPS) is 23.6. The van der Waals surface area contributed by atoms with E-state index in [9.17, 15) is 4.79 Å². The van der Waals surface area contributed by atoms with Crippen LogP contribution in [0, 0.1) is 0 Å². The standard InChI is InChI=1S/C18H31N5O2/c1-3-21-10-11-25-15-17(21)18(24)22-7-5-6-20(8-9-22)13-16-12-19-23(4-2)14-16/h12,14,17H,3-11,13,15H2,1-2H3. The lowest BCUT2D eigenvalue weighted by atomic mass is 10.2. The first-order valence-corrected chi connectivity index (χ1v) is 9.55. The van der Waals surface area contributed by atoms with Gasteiger partial charge in [-0.1, -0.05) is 6.92 Å². The number of hydrogen-bond donors (Lipinski definition) is 0. The number of likely N-dealkylation sites (N-methyl/N-ethyl adjacent to an activating group) is 1. The molecule has 0 aliphatic carbocycles. The van der Waals surface area contributed by atoms with Crippen molar-refractivity contribution in [3.8, 4) is 0 Å². The molecule has 1 atom stereocenters. The predicted octanol–water partition coefficient (Wildman–Crippen LogP) is 0.658. The first kappa shape index (κ1) is 18.4. The SMILES string of the molecule is CCN1CCOCC1C(=O)N1CCCN(Cc2cnn(CC)c2)CC1. The summed E-state index contributed by atoms with van der Waals surface area (Å²) in [5.74, 6) is 0.238. The molecule has 0 N–H and O–H groups in total. The summed E-state index contributed by atoms with van der Waals surface area (Å²) >= 11 is 0. The third-order valence-electron chi connectivity index (χ3n) is 5.25. The molecule has 3 heterocycles. The minimum absolute atomic E-state index is 0.104. The Morgan fingerprint density at radius 2 is 2.08 bits per heavy atom. The highest BCUT2D eigenvalue weighted by Gasteiger charge is 2.32. The zero-order chi connectivity index (χ0) is 17.6. The number of hydrogen-bond acceptors (Lipinski definition) is 5. The summed E-state index contributed by atoms with van der Waals surface area (Å²) in [7, 11) is 0. The fraction of sp³-hybridized carbons (Fsp3) is 0.778. The second kappa shape index (κ2) is 8.78. The van der Waals surface area contributed by atoms with E-state index in [2.05, 4.69) is 34.9 Å². The molecule has 1 aromatic heterocycles. The van der Waals surface area contributed by atoms with Gasteiger partial charge >= 0.3 is 0 Å². The lowest BCUT2D eigenvalue weighted by Crippen LogP contribution is -2.55. The van der Waals surface area contributed by atoms with Crippen molar-refractivity contribution in [3.63, 3.8) is 0 Å². The highest BCUT2D eigenvalue weighted by Crippen LogP contribution is 2.14. The highest BCUT2D eigenvalue weighted by atomic mass is 16.5. The van der Waals surface area contributed by atoms with E-state index in [4.69, 9.17) is 4.74 Å². The van der Waals surface area contributed by atoms with Crippen molar-refractivity contribution in [2.75, 3.05) is 52.5 Å². The van der Waals surface area contributed by atoms with E-state index < -0.39 is 0 Å². The number of morpholine rings is 1. The van der Waals surface area contributed by atoms with Gasteiger partial charge in [-0.25, -0.2) is 0 Å². The minimum atomic E-state index is -0.104. The Morgan fingerprint density at radius 1 is 1.20 bits per heavy atom. The molecular weight excluding hydrogens is 318 g/mol. The lowest BCUT2D eigenvalue weighted by Gasteiger charge is -2.36. The van der Waals surface area contributed by atoms with Crippen molar-refractivity contribution in [3.05, 3.63) is 18.0 Å². The van der Waals surface area contributed by atoms with Crippen LogP contribution in [0.15, 0.2) is 12.4 Å². The van der Waals surface area contributed by atoms with Gasteiger partial charge in [-0.2, -0.15) is 5.10 Å². The molecule has 0 spiro atoms. The molecule has 1 amide bonds. The summed E-state index contributed by atoms with van der Waals surface area (Å²) in [5.41, 5.74) is 1.25. The third kappa shape index (κ3) is 4.59. The van der Waals surface area contributed by atoms with Gasteiger partial charge < -0.3 is 9.64 Å². The van der Waals surface area contributed by atoms with Crippen LogP contribution in [-0.2, 0) is 22.6 Å². The summed E-state index contributed by atoms with van der Waals surface area (Å²) in [4.78, 5) is 19.7. The second-order valence-electron chi connectivity index (χ2n) is 6.88. The van der Waals surface area contributed by atoms with Crippen LogP contribution >= 0.6 is 0 Å². The van der Waals surface area contributed by atoms with Crippen LogP contribution in [0.2, 0.25) is 0 Å². The molecule has 0 saturated carbocycles. The quantitative estimate of drug-likeness (QED) is 0.782. The largest absolute Gasteiger partial charge is 0.378 e. The van der Waals surface area contributed by atoms with Crippen molar-refractivity contribution < 1.29 is 9.53 Å². The van der Waals surface area contributed by atoms with Crippen LogP contribution in [0.1, 0.15) is 25.8 Å². The Bertz CT molecular complexity index is 561. The number of nitrogens with zero attached hydrogens (tertiary/aromatic N) is 5. The second-order valence-corrected chi connectivity index (χ2v) is 6.88. The van der Waals surface area contributed by atoms with Crippen molar-refractivity contribution >= 4 is 5.91 Å². The van der Waals surface area contributed by atoms with E-state index in [1.165, 1.54) is 5.56 Å². The number of aryl methyl sites for hydroxylation is 1. The van der Waals surface area contributed by atoms with Crippen LogP contribution in [0.5, 0.6) is 0 Å². The fourth-order valence-electron chi connectivity index (χ4n) is 3.72. The van der Waals surface area contributed by atoms with E-state index in [0.29, 0.717) is 6.61 Å². The van der Waals surface area contributed by atoms with Crippen LogP contribution < -0.4 is 0 Å². The summed E-state index contributed by atoms with van der Waals surface area (Å²) < 4.78 is 7.53. The molecule has 7 heteroatoms. The molecule has 25 heavy (non-hydrogen) atoms. The van der Waals surface area contributed by atoms with Crippen LogP contribution in [0.25, 0.3) is 0 Å². The molecule has 2 fully saturated rings. The number of carbonyl (C=O) groups is 1. The highest BCUT2D eigenvalue weighted by molar-refractivity contribution is 5.82. The maximum absolute atomic E-state index is 13.0. The molecule has 0 radical (unpaired) electrons. The molecule has 0 bridgehead atoms. The number of carbonyl (C=O) groups excluding carboxylic acids is 1. The van der Waals surface area contributed by atoms with E-state index in [1.54, 1.807) is 0 Å². The molecular formula is C18H31N5O2. The smallest absolute Gasteiger partial charge is 0.242 e. The topological polar surface area (TPSA) is 53.8 Å². The van der Waals surface area contributed by atoms with Crippen LogP contribution in [-0.4, -0.2) is 88.9 Å². The van der Waals surface area contributed by atoms with Gasteiger partial charge in [-0.3, -0.25) is 19.3 Å². The fourth-order valence-corrected chi connectivity index (χ4v) is 3.72. The molecule has 2 aliphatic rings. The average molecular weight is 349 g/mol. The van der Waals surface area contributed by atoms with Crippen LogP contribution in [0.4, 0.5) is 0 Å². The van der Waals surface area contributed by atoms with Gasteiger partial charge in [0.05, 0.1) is 19.4 Å². The summed E-state index contributed by atoms with van der Waals surface area (Å²) in [6.45, 7) is 12.6. The van der Waals surface area contributed by atoms with Crippen molar-refractivity contribution in [2.45, 2.75) is 39.4 Å². The molecule has 1 unspecified atom stereocenters.